The average molecular weight is 352 g/mol. The van der Waals surface area contributed by atoms with E-state index < -0.39 is 0 Å². The van der Waals surface area contributed by atoms with E-state index >= 15 is 0 Å². The highest BCUT2D eigenvalue weighted by Crippen LogP contribution is 2.23. The fraction of sp³-hybridized carbons (Fsp3) is 0.400. The Kier molecular flexibility index (Phi) is 4.28. The third-order valence-corrected chi connectivity index (χ3v) is 5.27. The van der Waals surface area contributed by atoms with Gasteiger partial charge in [0.15, 0.2) is 5.76 Å². The summed E-state index contributed by atoms with van der Waals surface area (Å²) in [4.78, 5) is 20.5. The van der Waals surface area contributed by atoms with Crippen LogP contribution in [0.1, 0.15) is 33.1 Å². The molecule has 1 saturated heterocycles. The van der Waals surface area contributed by atoms with E-state index in [2.05, 4.69) is 28.9 Å². The van der Waals surface area contributed by atoms with Gasteiger partial charge in [-0.2, -0.15) is 0 Å². The average Bonchev–Trinajstić information content (AvgIpc) is 3.18. The minimum atomic E-state index is 0.111. The van der Waals surface area contributed by atoms with Crippen LogP contribution in [0.15, 0.2) is 28.8 Å². The SMILES string of the molecule is Cc1cc(CN2CCN(C(=O)c3ccc4[nH]c(C)c(C)c4c3)CC2)on1. The zero-order chi connectivity index (χ0) is 18.3. The molecule has 0 aliphatic carbocycles. The standard InChI is InChI=1S/C20H24N4O2/c1-13-10-17(26-22-13)12-23-6-8-24(9-7-23)20(25)16-4-5-19-18(11-16)14(2)15(3)21-19/h4-5,10-11,21H,6-9,12H2,1-3H3. The Morgan fingerprint density at radius 2 is 1.92 bits per heavy atom. The number of fused-ring (bicyclic) bond motifs is 1. The number of H-pyrrole nitrogens is 1. The van der Waals surface area contributed by atoms with E-state index in [9.17, 15) is 4.79 Å². The smallest absolute Gasteiger partial charge is 0.253 e. The molecule has 0 unspecified atom stereocenters. The Hall–Kier alpha value is -2.60. The summed E-state index contributed by atoms with van der Waals surface area (Å²) < 4.78 is 5.29. The van der Waals surface area contributed by atoms with Crippen LogP contribution < -0.4 is 0 Å². The van der Waals surface area contributed by atoms with Crippen LogP contribution >= 0.6 is 0 Å². The van der Waals surface area contributed by atoms with Gasteiger partial charge in [-0.25, -0.2) is 0 Å². The fourth-order valence-electron chi connectivity index (χ4n) is 3.60. The number of aryl methyl sites for hydroxylation is 3. The van der Waals surface area contributed by atoms with Gasteiger partial charge in [-0.3, -0.25) is 9.69 Å². The van der Waals surface area contributed by atoms with Gasteiger partial charge in [-0.15, -0.1) is 0 Å². The summed E-state index contributed by atoms with van der Waals surface area (Å²) in [5, 5.41) is 5.06. The number of aromatic amines is 1. The number of rotatable bonds is 3. The first-order valence-corrected chi connectivity index (χ1v) is 9.04. The maximum Gasteiger partial charge on any atom is 0.253 e. The molecule has 0 bridgehead atoms. The number of carbonyl (C=O) groups is 1. The van der Waals surface area contributed by atoms with Crippen molar-refractivity contribution in [3.8, 4) is 0 Å². The lowest BCUT2D eigenvalue weighted by Gasteiger charge is -2.34. The maximum atomic E-state index is 12.9. The molecule has 1 aliphatic heterocycles. The first-order valence-electron chi connectivity index (χ1n) is 9.04. The monoisotopic (exact) mass is 352 g/mol. The van der Waals surface area contributed by atoms with Crippen molar-refractivity contribution < 1.29 is 9.32 Å². The Balaban J connectivity index is 1.42. The summed E-state index contributed by atoms with van der Waals surface area (Å²) in [5.74, 6) is 0.992. The zero-order valence-electron chi connectivity index (χ0n) is 15.5. The van der Waals surface area contributed by atoms with Crippen LogP contribution in [0.3, 0.4) is 0 Å². The van der Waals surface area contributed by atoms with Gasteiger partial charge in [0.25, 0.3) is 5.91 Å². The van der Waals surface area contributed by atoms with Gasteiger partial charge in [0, 0.05) is 54.4 Å². The number of amides is 1. The number of benzene rings is 1. The number of hydrogen-bond donors (Lipinski definition) is 1. The Morgan fingerprint density at radius 1 is 1.15 bits per heavy atom. The van der Waals surface area contributed by atoms with Crippen LogP contribution in [0.5, 0.6) is 0 Å². The van der Waals surface area contributed by atoms with Gasteiger partial charge in [-0.05, 0) is 44.5 Å². The molecule has 0 radical (unpaired) electrons. The van der Waals surface area contributed by atoms with Crippen molar-refractivity contribution >= 4 is 16.8 Å². The number of nitrogens with zero attached hydrogens (tertiary/aromatic N) is 3. The molecule has 1 N–H and O–H groups in total. The van der Waals surface area contributed by atoms with E-state index in [0.717, 1.165) is 66.3 Å². The van der Waals surface area contributed by atoms with E-state index in [4.69, 9.17) is 4.52 Å². The second kappa shape index (κ2) is 6.61. The second-order valence-corrected chi connectivity index (χ2v) is 7.14. The number of hydrogen-bond acceptors (Lipinski definition) is 4. The summed E-state index contributed by atoms with van der Waals surface area (Å²) in [7, 11) is 0. The van der Waals surface area contributed by atoms with Gasteiger partial charge in [0.05, 0.1) is 12.2 Å². The summed E-state index contributed by atoms with van der Waals surface area (Å²) in [6, 6.07) is 7.91. The molecule has 26 heavy (non-hydrogen) atoms. The molecule has 3 heterocycles. The quantitative estimate of drug-likeness (QED) is 0.787. The van der Waals surface area contributed by atoms with E-state index in [1.165, 1.54) is 5.56 Å². The lowest BCUT2D eigenvalue weighted by Crippen LogP contribution is -2.48. The molecule has 6 nitrogen and oxygen atoms in total. The molecule has 2 aromatic heterocycles. The molecule has 1 fully saturated rings. The van der Waals surface area contributed by atoms with Crippen LogP contribution in [0.4, 0.5) is 0 Å². The zero-order valence-corrected chi connectivity index (χ0v) is 15.5. The molecule has 4 rings (SSSR count). The molecular weight excluding hydrogens is 328 g/mol. The summed E-state index contributed by atoms with van der Waals surface area (Å²) in [6.07, 6.45) is 0. The molecular formula is C20H24N4O2. The highest BCUT2D eigenvalue weighted by molar-refractivity contribution is 5.99. The second-order valence-electron chi connectivity index (χ2n) is 7.14. The molecule has 0 saturated carbocycles. The van der Waals surface area contributed by atoms with Crippen molar-refractivity contribution in [3.05, 3.63) is 52.5 Å². The Bertz CT molecular complexity index is 948. The molecule has 6 heteroatoms. The highest BCUT2D eigenvalue weighted by Gasteiger charge is 2.23. The summed E-state index contributed by atoms with van der Waals surface area (Å²) >= 11 is 0. The van der Waals surface area contributed by atoms with Crippen LogP contribution in [-0.2, 0) is 6.54 Å². The lowest BCUT2D eigenvalue weighted by molar-refractivity contribution is 0.0617. The predicted molar refractivity (Wildman–Crippen MR) is 100 cm³/mol. The van der Waals surface area contributed by atoms with Gasteiger partial charge in [-0.1, -0.05) is 5.16 Å². The first-order chi connectivity index (χ1) is 12.5. The van der Waals surface area contributed by atoms with E-state index in [-0.39, 0.29) is 5.91 Å². The van der Waals surface area contributed by atoms with Crippen LogP contribution in [0, 0.1) is 20.8 Å². The fourth-order valence-corrected chi connectivity index (χ4v) is 3.60. The number of carbonyl (C=O) groups excluding carboxylic acids is 1. The minimum absolute atomic E-state index is 0.111. The number of piperazine rings is 1. The maximum absolute atomic E-state index is 12.9. The van der Waals surface area contributed by atoms with Crippen LogP contribution in [-0.4, -0.2) is 52.0 Å². The van der Waals surface area contributed by atoms with Crippen molar-refractivity contribution in [3.63, 3.8) is 0 Å². The van der Waals surface area contributed by atoms with Crippen molar-refractivity contribution in [1.29, 1.82) is 0 Å². The van der Waals surface area contributed by atoms with E-state index in [1.54, 1.807) is 0 Å². The van der Waals surface area contributed by atoms with Crippen molar-refractivity contribution in [2.75, 3.05) is 26.2 Å². The van der Waals surface area contributed by atoms with E-state index in [0.29, 0.717) is 0 Å². The lowest BCUT2D eigenvalue weighted by atomic mass is 10.1. The van der Waals surface area contributed by atoms with Gasteiger partial charge < -0.3 is 14.4 Å². The van der Waals surface area contributed by atoms with Gasteiger partial charge in [0.2, 0.25) is 0 Å². The predicted octanol–water partition coefficient (Wildman–Crippen LogP) is 3.04. The number of nitrogens with one attached hydrogen (secondary N) is 1. The van der Waals surface area contributed by atoms with E-state index in [1.807, 2.05) is 36.1 Å². The van der Waals surface area contributed by atoms with Crippen molar-refractivity contribution in [1.82, 2.24) is 19.9 Å². The third-order valence-electron chi connectivity index (χ3n) is 5.27. The molecule has 0 spiro atoms. The Morgan fingerprint density at radius 3 is 2.62 bits per heavy atom. The van der Waals surface area contributed by atoms with Crippen LogP contribution in [0.2, 0.25) is 0 Å². The molecule has 1 amide bonds. The topological polar surface area (TPSA) is 65.4 Å². The first kappa shape index (κ1) is 16.8. The largest absolute Gasteiger partial charge is 0.360 e. The highest BCUT2D eigenvalue weighted by atomic mass is 16.5. The van der Waals surface area contributed by atoms with Gasteiger partial charge in [0.1, 0.15) is 0 Å². The van der Waals surface area contributed by atoms with Gasteiger partial charge >= 0.3 is 0 Å². The molecule has 3 aromatic rings. The molecule has 1 aliphatic rings. The molecule has 1 aromatic carbocycles. The van der Waals surface area contributed by atoms with Crippen molar-refractivity contribution in [2.45, 2.75) is 27.3 Å². The summed E-state index contributed by atoms with van der Waals surface area (Å²) in [5.41, 5.74) is 5.12. The molecule has 136 valence electrons. The van der Waals surface area contributed by atoms with Crippen LogP contribution in [0.25, 0.3) is 10.9 Å². The third kappa shape index (κ3) is 3.12. The summed E-state index contributed by atoms with van der Waals surface area (Å²) in [6.45, 7) is 9.97. The van der Waals surface area contributed by atoms with Crippen molar-refractivity contribution in [2.24, 2.45) is 0 Å². The number of aromatic nitrogens is 2. The Labute approximate surface area is 152 Å². The normalized spacial score (nSPS) is 15.7. The molecule has 0 atom stereocenters. The minimum Gasteiger partial charge on any atom is -0.360 e.